The molecule has 1 spiro atoms. The van der Waals surface area contributed by atoms with Crippen LogP contribution < -0.4 is 10.6 Å². The van der Waals surface area contributed by atoms with E-state index in [9.17, 15) is 9.18 Å². The van der Waals surface area contributed by atoms with E-state index in [-0.39, 0.29) is 35.5 Å². The van der Waals surface area contributed by atoms with E-state index in [1.807, 2.05) is 13.0 Å². The van der Waals surface area contributed by atoms with Crippen molar-refractivity contribution in [3.63, 3.8) is 0 Å². The van der Waals surface area contributed by atoms with Crippen molar-refractivity contribution in [1.82, 2.24) is 15.1 Å². The maximum atomic E-state index is 13.1. The summed E-state index contributed by atoms with van der Waals surface area (Å²) in [5.41, 5.74) is 1.74. The zero-order valence-electron chi connectivity index (χ0n) is 14.1. The highest BCUT2D eigenvalue weighted by Crippen LogP contribution is 2.58. The number of aryl methyl sites for hydroxylation is 1. The van der Waals surface area contributed by atoms with Crippen LogP contribution in [0.3, 0.4) is 0 Å². The first-order valence-electron chi connectivity index (χ1n) is 8.42. The number of anilines is 1. The highest BCUT2D eigenvalue weighted by Gasteiger charge is 2.57. The first-order valence-corrected chi connectivity index (χ1v) is 8.42. The van der Waals surface area contributed by atoms with Crippen LogP contribution in [-0.4, -0.2) is 28.8 Å². The molecule has 1 aromatic heterocycles. The summed E-state index contributed by atoms with van der Waals surface area (Å²) >= 11 is 0. The molecule has 4 rings (SSSR count). The van der Waals surface area contributed by atoms with Crippen LogP contribution in [0.1, 0.15) is 25.0 Å². The van der Waals surface area contributed by atoms with Crippen molar-refractivity contribution < 1.29 is 9.18 Å². The Morgan fingerprint density at radius 1 is 1.32 bits per heavy atom. The minimum Gasteiger partial charge on any atom is -0.317 e. The van der Waals surface area contributed by atoms with Gasteiger partial charge in [-0.05, 0) is 69.0 Å². The Bertz CT molecular complexity index is 768. The molecule has 2 aromatic rings. The van der Waals surface area contributed by atoms with Gasteiger partial charge < -0.3 is 10.6 Å². The van der Waals surface area contributed by atoms with Crippen LogP contribution in [0, 0.1) is 24.1 Å². The molecule has 1 atom stereocenters. The van der Waals surface area contributed by atoms with E-state index in [1.54, 1.807) is 16.8 Å². The highest BCUT2D eigenvalue weighted by molar-refractivity contribution is 5.94. The molecule has 1 amide bonds. The van der Waals surface area contributed by atoms with Crippen molar-refractivity contribution in [3.05, 3.63) is 41.8 Å². The second kappa shape index (κ2) is 6.77. The number of aromatic nitrogens is 2. The molecule has 134 valence electrons. The van der Waals surface area contributed by atoms with Crippen LogP contribution in [0.4, 0.5) is 10.2 Å². The van der Waals surface area contributed by atoms with Crippen LogP contribution in [-0.2, 0) is 4.79 Å². The minimum absolute atomic E-state index is 0. The Morgan fingerprint density at radius 3 is 2.68 bits per heavy atom. The highest BCUT2D eigenvalue weighted by atomic mass is 35.5. The number of nitrogens with one attached hydrogen (secondary N) is 2. The summed E-state index contributed by atoms with van der Waals surface area (Å²) in [4.78, 5) is 12.7. The average Bonchev–Trinajstić information content (AvgIpc) is 3.14. The molecule has 7 heteroatoms. The standard InChI is InChI=1S/C18H21FN4O.ClH/c1-12-10-16(23(22-12)14-4-2-13(19)3-5-14)21-17(24)15-11-18(15)6-8-20-9-7-18;/h2-5,10,15,20H,6-9,11H2,1H3,(H,21,24);1H. The predicted molar refractivity (Wildman–Crippen MR) is 96.8 cm³/mol. The fourth-order valence-corrected chi connectivity index (χ4v) is 3.78. The molecule has 1 saturated heterocycles. The molecule has 0 bridgehead atoms. The average molecular weight is 365 g/mol. The first kappa shape index (κ1) is 17.9. The molecule has 2 heterocycles. The summed E-state index contributed by atoms with van der Waals surface area (Å²) in [7, 11) is 0. The van der Waals surface area contributed by atoms with Crippen molar-refractivity contribution in [2.45, 2.75) is 26.2 Å². The zero-order valence-corrected chi connectivity index (χ0v) is 14.9. The van der Waals surface area contributed by atoms with Gasteiger partial charge in [0.2, 0.25) is 5.91 Å². The van der Waals surface area contributed by atoms with Crippen LogP contribution in [0.25, 0.3) is 5.69 Å². The van der Waals surface area contributed by atoms with Gasteiger partial charge >= 0.3 is 0 Å². The lowest BCUT2D eigenvalue weighted by Crippen LogP contribution is -2.31. The maximum Gasteiger partial charge on any atom is 0.229 e. The molecular weight excluding hydrogens is 343 g/mol. The van der Waals surface area contributed by atoms with Gasteiger partial charge in [0.05, 0.1) is 11.4 Å². The lowest BCUT2D eigenvalue weighted by molar-refractivity contribution is -0.118. The molecule has 2 fully saturated rings. The summed E-state index contributed by atoms with van der Waals surface area (Å²) in [6.07, 6.45) is 3.12. The van der Waals surface area contributed by atoms with Crippen LogP contribution >= 0.6 is 12.4 Å². The SMILES string of the molecule is Cc1cc(NC(=O)C2CC23CCNCC3)n(-c2ccc(F)cc2)n1.Cl. The second-order valence-electron chi connectivity index (χ2n) is 6.92. The van der Waals surface area contributed by atoms with E-state index in [1.165, 1.54) is 12.1 Å². The number of hydrogen-bond acceptors (Lipinski definition) is 3. The van der Waals surface area contributed by atoms with Gasteiger partial charge in [0.1, 0.15) is 11.6 Å². The van der Waals surface area contributed by atoms with Crippen LogP contribution in [0.15, 0.2) is 30.3 Å². The number of nitrogens with zero attached hydrogens (tertiary/aromatic N) is 2. The maximum absolute atomic E-state index is 13.1. The third kappa shape index (κ3) is 3.41. The Hall–Kier alpha value is -1.92. The van der Waals surface area contributed by atoms with E-state index in [0.29, 0.717) is 5.82 Å². The number of rotatable bonds is 3. The topological polar surface area (TPSA) is 59.0 Å². The molecule has 0 radical (unpaired) electrons. The number of carbonyl (C=O) groups excluding carboxylic acids is 1. The summed E-state index contributed by atoms with van der Waals surface area (Å²) in [6, 6.07) is 7.94. The molecule has 1 aliphatic carbocycles. The Balaban J connectivity index is 0.00000182. The van der Waals surface area contributed by atoms with E-state index in [4.69, 9.17) is 0 Å². The van der Waals surface area contributed by atoms with Crippen molar-refractivity contribution in [2.24, 2.45) is 11.3 Å². The molecule has 25 heavy (non-hydrogen) atoms. The molecule has 1 aromatic carbocycles. The van der Waals surface area contributed by atoms with Gasteiger partial charge in [0.25, 0.3) is 0 Å². The summed E-state index contributed by atoms with van der Waals surface area (Å²) in [5, 5.41) is 10.8. The van der Waals surface area contributed by atoms with E-state index >= 15 is 0 Å². The molecule has 5 nitrogen and oxygen atoms in total. The zero-order chi connectivity index (χ0) is 16.7. The van der Waals surface area contributed by atoms with E-state index in [2.05, 4.69) is 15.7 Å². The Kier molecular flexibility index (Phi) is 4.84. The van der Waals surface area contributed by atoms with E-state index < -0.39 is 0 Å². The predicted octanol–water partition coefficient (Wildman–Crippen LogP) is 3.07. The fourth-order valence-electron chi connectivity index (χ4n) is 3.78. The van der Waals surface area contributed by atoms with Gasteiger partial charge in [-0.1, -0.05) is 0 Å². The first-order chi connectivity index (χ1) is 11.6. The van der Waals surface area contributed by atoms with Crippen molar-refractivity contribution in [1.29, 1.82) is 0 Å². The van der Waals surface area contributed by atoms with Crippen molar-refractivity contribution >= 4 is 24.1 Å². The lowest BCUT2D eigenvalue weighted by atomic mass is 9.92. The van der Waals surface area contributed by atoms with Gasteiger partial charge in [0, 0.05) is 12.0 Å². The van der Waals surface area contributed by atoms with E-state index in [0.717, 1.165) is 43.7 Å². The molecule has 2 aliphatic rings. The summed E-state index contributed by atoms with van der Waals surface area (Å²) in [6.45, 7) is 3.87. The molecule has 1 saturated carbocycles. The summed E-state index contributed by atoms with van der Waals surface area (Å²) in [5.74, 6) is 0.510. The number of hydrogen-bond donors (Lipinski definition) is 2. The molecular formula is C18H22ClFN4O. The van der Waals surface area contributed by atoms with Crippen LogP contribution in [0.2, 0.25) is 0 Å². The van der Waals surface area contributed by atoms with Gasteiger partial charge in [0.15, 0.2) is 0 Å². The fraction of sp³-hybridized carbons (Fsp3) is 0.444. The Labute approximate surface area is 152 Å². The van der Waals surface area contributed by atoms with Gasteiger partial charge in [-0.3, -0.25) is 4.79 Å². The number of carbonyl (C=O) groups is 1. The third-order valence-electron chi connectivity index (χ3n) is 5.26. The number of amides is 1. The van der Waals surface area contributed by atoms with Crippen LogP contribution in [0.5, 0.6) is 0 Å². The summed E-state index contributed by atoms with van der Waals surface area (Å²) < 4.78 is 14.8. The van der Waals surface area contributed by atoms with Gasteiger partial charge in [-0.25, -0.2) is 9.07 Å². The number of benzene rings is 1. The molecule has 2 N–H and O–H groups in total. The normalized spacial score (nSPS) is 20.8. The Morgan fingerprint density at radius 2 is 2.00 bits per heavy atom. The number of piperidine rings is 1. The lowest BCUT2D eigenvalue weighted by Gasteiger charge is -2.23. The van der Waals surface area contributed by atoms with Crippen molar-refractivity contribution in [2.75, 3.05) is 18.4 Å². The third-order valence-corrected chi connectivity index (χ3v) is 5.26. The largest absolute Gasteiger partial charge is 0.317 e. The molecule has 1 aliphatic heterocycles. The monoisotopic (exact) mass is 364 g/mol. The quantitative estimate of drug-likeness (QED) is 0.880. The molecule has 1 unspecified atom stereocenters. The second-order valence-corrected chi connectivity index (χ2v) is 6.92. The van der Waals surface area contributed by atoms with Gasteiger partial charge in [-0.2, -0.15) is 5.10 Å². The van der Waals surface area contributed by atoms with Crippen molar-refractivity contribution in [3.8, 4) is 5.69 Å². The van der Waals surface area contributed by atoms with Gasteiger partial charge in [-0.15, -0.1) is 12.4 Å². The minimum atomic E-state index is -0.293. The number of halogens is 2. The smallest absolute Gasteiger partial charge is 0.229 e.